The molecule has 2 heterocycles. The maximum Gasteiger partial charge on any atom is 0.253 e. The molecule has 4 heteroatoms. The van der Waals surface area contributed by atoms with E-state index < -0.39 is 0 Å². The van der Waals surface area contributed by atoms with Crippen LogP contribution in [0.5, 0.6) is 5.75 Å². The molecule has 2 aliphatic heterocycles. The molecule has 1 aromatic carbocycles. The molecular formula is C16H22N2O2. The van der Waals surface area contributed by atoms with Gasteiger partial charge in [-0.2, -0.15) is 0 Å². The van der Waals surface area contributed by atoms with Crippen molar-refractivity contribution in [1.29, 1.82) is 0 Å². The van der Waals surface area contributed by atoms with Crippen molar-refractivity contribution >= 4 is 5.91 Å². The molecule has 0 aliphatic carbocycles. The second-order valence-electron chi connectivity index (χ2n) is 5.93. The highest BCUT2D eigenvalue weighted by Crippen LogP contribution is 2.27. The predicted molar refractivity (Wildman–Crippen MR) is 77.9 cm³/mol. The average molecular weight is 274 g/mol. The van der Waals surface area contributed by atoms with Crippen molar-refractivity contribution in [1.82, 2.24) is 4.90 Å². The minimum atomic E-state index is 0.130. The van der Waals surface area contributed by atoms with E-state index in [0.717, 1.165) is 55.8 Å². The van der Waals surface area contributed by atoms with Crippen LogP contribution in [0.3, 0.4) is 0 Å². The maximum absolute atomic E-state index is 12.6. The summed E-state index contributed by atoms with van der Waals surface area (Å²) in [7, 11) is 0. The van der Waals surface area contributed by atoms with Gasteiger partial charge in [0.25, 0.3) is 5.91 Å². The van der Waals surface area contributed by atoms with E-state index in [9.17, 15) is 4.79 Å². The van der Waals surface area contributed by atoms with Gasteiger partial charge in [0.15, 0.2) is 0 Å². The Kier molecular flexibility index (Phi) is 3.66. The number of fused-ring (bicyclic) bond motifs is 1. The lowest BCUT2D eigenvalue weighted by Crippen LogP contribution is -2.45. The topological polar surface area (TPSA) is 55.6 Å². The summed E-state index contributed by atoms with van der Waals surface area (Å²) >= 11 is 0. The molecule has 2 aliphatic rings. The van der Waals surface area contributed by atoms with Gasteiger partial charge in [0.05, 0.1) is 6.61 Å². The third kappa shape index (κ3) is 2.52. The Morgan fingerprint density at radius 1 is 1.50 bits per heavy atom. The first-order chi connectivity index (χ1) is 9.65. The second kappa shape index (κ2) is 5.44. The van der Waals surface area contributed by atoms with E-state index in [2.05, 4.69) is 0 Å². The van der Waals surface area contributed by atoms with E-state index in [-0.39, 0.29) is 11.9 Å². The minimum absolute atomic E-state index is 0.130. The molecule has 108 valence electrons. The molecule has 0 aromatic heterocycles. The molecule has 1 fully saturated rings. The fraction of sp³-hybridized carbons (Fsp3) is 0.562. The third-order valence-corrected chi connectivity index (χ3v) is 4.43. The predicted octanol–water partition coefficient (Wildman–Crippen LogP) is 1.82. The summed E-state index contributed by atoms with van der Waals surface area (Å²) in [5, 5.41) is 0. The van der Waals surface area contributed by atoms with Crippen LogP contribution in [-0.2, 0) is 6.42 Å². The lowest BCUT2D eigenvalue weighted by molar-refractivity contribution is 0.0661. The molecule has 3 rings (SSSR count). The summed E-state index contributed by atoms with van der Waals surface area (Å²) in [5.74, 6) is 1.48. The van der Waals surface area contributed by atoms with Gasteiger partial charge in [0, 0.05) is 31.1 Å². The average Bonchev–Trinajstić information content (AvgIpc) is 2.94. The van der Waals surface area contributed by atoms with E-state index in [1.54, 1.807) is 0 Å². The number of hydrogen-bond donors (Lipinski definition) is 1. The Balaban J connectivity index is 1.75. The van der Waals surface area contributed by atoms with Gasteiger partial charge in [-0.1, -0.05) is 0 Å². The van der Waals surface area contributed by atoms with Gasteiger partial charge < -0.3 is 15.4 Å². The summed E-state index contributed by atoms with van der Waals surface area (Å²) in [4.78, 5) is 14.6. The van der Waals surface area contributed by atoms with Crippen LogP contribution in [0.2, 0.25) is 0 Å². The number of nitrogens with zero attached hydrogens (tertiary/aromatic N) is 1. The Bertz CT molecular complexity index is 513. The number of hydrogen-bond acceptors (Lipinski definition) is 3. The number of ether oxygens (including phenoxy) is 1. The van der Waals surface area contributed by atoms with Crippen molar-refractivity contribution in [3.8, 4) is 5.75 Å². The molecule has 0 bridgehead atoms. The molecule has 20 heavy (non-hydrogen) atoms. The Morgan fingerprint density at radius 2 is 2.35 bits per heavy atom. The van der Waals surface area contributed by atoms with E-state index in [1.807, 2.05) is 30.0 Å². The van der Waals surface area contributed by atoms with Gasteiger partial charge in [0.2, 0.25) is 0 Å². The molecule has 2 N–H and O–H groups in total. The molecule has 2 atom stereocenters. The van der Waals surface area contributed by atoms with Crippen LogP contribution in [0.15, 0.2) is 18.2 Å². The first-order valence-corrected chi connectivity index (χ1v) is 7.46. The molecule has 0 saturated carbocycles. The van der Waals surface area contributed by atoms with Gasteiger partial charge in [-0.25, -0.2) is 0 Å². The number of carbonyl (C=O) groups excluding carboxylic acids is 1. The molecular weight excluding hydrogens is 252 g/mol. The Hall–Kier alpha value is -1.55. The van der Waals surface area contributed by atoms with Gasteiger partial charge in [-0.05, 0) is 49.4 Å². The first kappa shape index (κ1) is 13.4. The normalized spacial score (nSPS) is 23.1. The molecule has 0 spiro atoms. The first-order valence-electron chi connectivity index (χ1n) is 7.46. The molecule has 4 nitrogen and oxygen atoms in total. The van der Waals surface area contributed by atoms with Crippen LogP contribution in [0.4, 0.5) is 0 Å². The van der Waals surface area contributed by atoms with Crippen molar-refractivity contribution in [3.63, 3.8) is 0 Å². The molecule has 0 radical (unpaired) electrons. The van der Waals surface area contributed by atoms with E-state index in [0.29, 0.717) is 5.92 Å². The van der Waals surface area contributed by atoms with E-state index >= 15 is 0 Å². The van der Waals surface area contributed by atoms with Crippen LogP contribution in [0.25, 0.3) is 0 Å². The molecule has 0 unspecified atom stereocenters. The van der Waals surface area contributed by atoms with Crippen molar-refractivity contribution in [2.45, 2.75) is 32.2 Å². The summed E-state index contributed by atoms with van der Waals surface area (Å²) in [5.41, 5.74) is 7.91. The molecule has 1 saturated heterocycles. The summed E-state index contributed by atoms with van der Waals surface area (Å²) in [6, 6.07) is 5.93. The number of likely N-dealkylation sites (tertiary alicyclic amines) is 1. The Labute approximate surface area is 119 Å². The largest absolute Gasteiger partial charge is 0.493 e. The van der Waals surface area contributed by atoms with Gasteiger partial charge in [-0.15, -0.1) is 0 Å². The number of amides is 1. The highest BCUT2D eigenvalue weighted by Gasteiger charge is 2.27. The smallest absolute Gasteiger partial charge is 0.253 e. The van der Waals surface area contributed by atoms with E-state index in [1.165, 1.54) is 0 Å². The van der Waals surface area contributed by atoms with Crippen molar-refractivity contribution in [2.75, 3.05) is 19.7 Å². The Morgan fingerprint density at radius 3 is 3.15 bits per heavy atom. The van der Waals surface area contributed by atoms with Gasteiger partial charge in [-0.3, -0.25) is 4.79 Å². The number of benzene rings is 1. The van der Waals surface area contributed by atoms with Crippen LogP contribution < -0.4 is 10.5 Å². The quantitative estimate of drug-likeness (QED) is 0.895. The third-order valence-electron chi connectivity index (χ3n) is 4.43. The summed E-state index contributed by atoms with van der Waals surface area (Å²) in [6.07, 6.45) is 3.07. The number of carbonyl (C=O) groups is 1. The number of piperidine rings is 1. The highest BCUT2D eigenvalue weighted by atomic mass is 16.5. The zero-order valence-corrected chi connectivity index (χ0v) is 12.0. The van der Waals surface area contributed by atoms with Crippen LogP contribution >= 0.6 is 0 Å². The fourth-order valence-corrected chi connectivity index (χ4v) is 3.13. The number of rotatable bonds is 2. The lowest BCUT2D eigenvalue weighted by Gasteiger charge is -2.34. The van der Waals surface area contributed by atoms with Crippen molar-refractivity contribution < 1.29 is 9.53 Å². The lowest BCUT2D eigenvalue weighted by atomic mass is 9.91. The summed E-state index contributed by atoms with van der Waals surface area (Å²) in [6.45, 7) is 4.38. The standard InChI is InChI=1S/C16H22N2O2/c1-11(17)14-3-2-7-18(10-14)16(19)13-4-5-15-12(9-13)6-8-20-15/h4-5,9,11,14H,2-3,6-8,10,17H2,1H3/t11-,14+/m0/s1. The zero-order valence-electron chi connectivity index (χ0n) is 12.0. The zero-order chi connectivity index (χ0) is 14.1. The SMILES string of the molecule is C[C@H](N)[C@@H]1CCCN(C(=O)c2ccc3c(c2)CCO3)C1. The van der Waals surface area contributed by atoms with Crippen molar-refractivity contribution in [2.24, 2.45) is 11.7 Å². The molecule has 1 amide bonds. The maximum atomic E-state index is 12.6. The monoisotopic (exact) mass is 274 g/mol. The highest BCUT2D eigenvalue weighted by molar-refractivity contribution is 5.94. The number of nitrogens with two attached hydrogens (primary N) is 1. The van der Waals surface area contributed by atoms with Crippen LogP contribution in [-0.4, -0.2) is 36.5 Å². The van der Waals surface area contributed by atoms with Crippen LogP contribution in [0, 0.1) is 5.92 Å². The fourth-order valence-electron chi connectivity index (χ4n) is 3.13. The van der Waals surface area contributed by atoms with Gasteiger partial charge in [0.1, 0.15) is 5.75 Å². The second-order valence-corrected chi connectivity index (χ2v) is 5.93. The van der Waals surface area contributed by atoms with Gasteiger partial charge >= 0.3 is 0 Å². The summed E-state index contributed by atoms with van der Waals surface area (Å²) < 4.78 is 5.49. The minimum Gasteiger partial charge on any atom is -0.493 e. The van der Waals surface area contributed by atoms with Crippen molar-refractivity contribution in [3.05, 3.63) is 29.3 Å². The van der Waals surface area contributed by atoms with E-state index in [4.69, 9.17) is 10.5 Å². The molecule has 1 aromatic rings. The van der Waals surface area contributed by atoms with Crippen LogP contribution in [0.1, 0.15) is 35.7 Å².